The molecule has 0 fully saturated rings. The van der Waals surface area contributed by atoms with Gasteiger partial charge in [0.15, 0.2) is 0 Å². The van der Waals surface area contributed by atoms with Crippen molar-refractivity contribution in [3.8, 4) is 31.7 Å². The largest absolute Gasteiger partial charge is 1.00 e. The van der Waals surface area contributed by atoms with Gasteiger partial charge in [-0.05, 0) is 61.0 Å². The van der Waals surface area contributed by atoms with E-state index in [1.54, 1.807) is 35.7 Å². The lowest BCUT2D eigenvalue weighted by molar-refractivity contribution is -0.629. The summed E-state index contributed by atoms with van der Waals surface area (Å²) in [7, 11) is 5.63. The molecule has 7 nitrogen and oxygen atoms in total. The summed E-state index contributed by atoms with van der Waals surface area (Å²) in [6.45, 7) is 1.67. The standard InChI is InChI=1S/C33H30N4O3S4.2ClH/c1-19-7-14-26-29(30(19)44(38,39)40)43-33(37(26)6)22-11-16-25-28(18-22)42-32(36(25)5)21-10-15-24-27(17-21)41-31(35(24)4)20-8-12-23(13-9-20)34(2)3;;/h7-18H,1-6H3;2*1H/q+2;;/p-2. The maximum absolute atomic E-state index is 12.1. The number of aryl methyl sites for hydroxylation is 4. The van der Waals surface area contributed by atoms with Crippen LogP contribution < -0.4 is 43.4 Å². The Balaban J connectivity index is 0.00000208. The van der Waals surface area contributed by atoms with Crippen molar-refractivity contribution in [2.24, 2.45) is 21.1 Å². The molecule has 3 aromatic heterocycles. The summed E-state index contributed by atoms with van der Waals surface area (Å²) >= 11 is 4.88. The topological polar surface area (TPSA) is 72.1 Å². The molecule has 0 N–H and O–H groups in total. The minimum Gasteiger partial charge on any atom is -1.00 e. The Kier molecular flexibility index (Phi) is 9.26. The summed E-state index contributed by atoms with van der Waals surface area (Å²) in [4.78, 5) is 1.98. The molecule has 0 aliphatic carbocycles. The van der Waals surface area contributed by atoms with Crippen LogP contribution in [0.15, 0.2) is 77.7 Å². The number of anilines is 1. The highest BCUT2D eigenvalue weighted by Crippen LogP contribution is 2.38. The fourth-order valence-electron chi connectivity index (χ4n) is 5.83. The Morgan fingerprint density at radius 1 is 0.630 bits per heavy atom. The average molecular weight is 730 g/mol. The van der Waals surface area contributed by atoms with Gasteiger partial charge in [-0.15, -0.1) is 0 Å². The molecule has 46 heavy (non-hydrogen) atoms. The third kappa shape index (κ3) is 5.57. The normalized spacial score (nSPS) is 11.6. The maximum Gasteiger partial charge on any atom is 0.269 e. The number of nitrogens with zero attached hydrogens (tertiary/aromatic N) is 4. The number of thiazole rings is 3. The summed E-state index contributed by atoms with van der Waals surface area (Å²) < 4.78 is 45.7. The average Bonchev–Trinajstić information content (AvgIpc) is 3.62. The number of fused-ring (bicyclic) bond motifs is 3. The Morgan fingerprint density at radius 2 is 1.07 bits per heavy atom. The molecule has 238 valence electrons. The summed E-state index contributed by atoms with van der Waals surface area (Å²) in [5.74, 6) is 0. The van der Waals surface area contributed by atoms with Crippen molar-refractivity contribution in [1.29, 1.82) is 0 Å². The van der Waals surface area contributed by atoms with Crippen LogP contribution in [0.3, 0.4) is 0 Å². The summed E-state index contributed by atoms with van der Waals surface area (Å²) in [6, 6.07) is 25.3. The number of hydrogen-bond acceptors (Lipinski definition) is 7. The van der Waals surface area contributed by atoms with E-state index in [-0.39, 0.29) is 29.7 Å². The van der Waals surface area contributed by atoms with E-state index in [1.807, 2.05) is 17.7 Å². The van der Waals surface area contributed by atoms with Crippen molar-refractivity contribution in [2.75, 3.05) is 19.0 Å². The SMILES string of the molecule is Cc1ccc2c(sc(-c3ccc4c(c3)sc(-c3ccc5c(c3)sc(-c3ccc(N(C)C)cc3)[n+]5C)[n+]4C)[n+]2C)c1S(=O)(=O)[O-].[Cl-].[Cl-]. The van der Waals surface area contributed by atoms with E-state index in [0.717, 1.165) is 36.9 Å². The maximum atomic E-state index is 12.1. The predicted molar refractivity (Wildman–Crippen MR) is 179 cm³/mol. The van der Waals surface area contributed by atoms with E-state index in [2.05, 4.69) is 103 Å². The van der Waals surface area contributed by atoms with Crippen LogP contribution in [0.1, 0.15) is 5.56 Å². The lowest BCUT2D eigenvalue weighted by atomic mass is 10.2. The van der Waals surface area contributed by atoms with Gasteiger partial charge in [0, 0.05) is 38.0 Å². The fraction of sp³-hybridized carbons (Fsp3) is 0.182. The van der Waals surface area contributed by atoms with Gasteiger partial charge in [0.2, 0.25) is 16.6 Å². The van der Waals surface area contributed by atoms with Gasteiger partial charge in [0.25, 0.3) is 15.0 Å². The number of halogens is 2. The number of aromatic nitrogens is 3. The van der Waals surface area contributed by atoms with Gasteiger partial charge in [-0.2, -0.15) is 13.7 Å². The highest BCUT2D eigenvalue weighted by atomic mass is 35.5. The highest BCUT2D eigenvalue weighted by Gasteiger charge is 2.27. The van der Waals surface area contributed by atoms with E-state index in [0.29, 0.717) is 10.3 Å². The van der Waals surface area contributed by atoms with Gasteiger partial charge in [-0.3, -0.25) is 0 Å². The first-order chi connectivity index (χ1) is 20.9. The summed E-state index contributed by atoms with van der Waals surface area (Å²) in [5, 5.41) is 3.27. The van der Waals surface area contributed by atoms with Crippen molar-refractivity contribution in [3.05, 3.63) is 78.4 Å². The van der Waals surface area contributed by atoms with Crippen LogP contribution in [-0.2, 0) is 31.3 Å². The summed E-state index contributed by atoms with van der Waals surface area (Å²) in [5.41, 5.74) is 8.03. The van der Waals surface area contributed by atoms with Crippen LogP contribution in [0.25, 0.3) is 62.4 Å². The van der Waals surface area contributed by atoms with Gasteiger partial charge in [0.05, 0.1) is 21.6 Å². The third-order valence-corrected chi connectivity index (χ3v) is 13.2. The van der Waals surface area contributed by atoms with E-state index < -0.39 is 10.1 Å². The van der Waals surface area contributed by atoms with Crippen molar-refractivity contribution in [3.63, 3.8) is 0 Å². The second kappa shape index (κ2) is 12.5. The predicted octanol–water partition coefficient (Wildman–Crippen LogP) is 0.0917. The second-order valence-corrected chi connectivity index (χ2v) is 15.6. The first-order valence-corrected chi connectivity index (χ1v) is 17.8. The van der Waals surface area contributed by atoms with Gasteiger partial charge in [0.1, 0.15) is 45.4 Å². The van der Waals surface area contributed by atoms with Crippen LogP contribution in [0.5, 0.6) is 0 Å². The molecular formula is C33H30Cl2N4O3S4. The zero-order valence-corrected chi connectivity index (χ0v) is 30.6. The van der Waals surface area contributed by atoms with Crippen LogP contribution in [0.2, 0.25) is 0 Å². The van der Waals surface area contributed by atoms with Crippen molar-refractivity contribution in [1.82, 2.24) is 0 Å². The van der Waals surface area contributed by atoms with E-state index in [9.17, 15) is 13.0 Å². The second-order valence-electron chi connectivity index (χ2n) is 11.2. The first-order valence-electron chi connectivity index (χ1n) is 13.9. The molecule has 13 heteroatoms. The number of benzene rings is 4. The minimum absolute atomic E-state index is 0. The van der Waals surface area contributed by atoms with Gasteiger partial charge < -0.3 is 34.3 Å². The van der Waals surface area contributed by atoms with Crippen LogP contribution in [-0.4, -0.2) is 27.1 Å². The zero-order valence-electron chi connectivity index (χ0n) is 25.8. The molecule has 0 atom stereocenters. The Labute approximate surface area is 292 Å². The van der Waals surface area contributed by atoms with Crippen molar-refractivity contribution in [2.45, 2.75) is 11.8 Å². The lowest BCUT2D eigenvalue weighted by Gasteiger charge is -2.11. The van der Waals surface area contributed by atoms with Gasteiger partial charge in [-0.25, -0.2) is 8.42 Å². The molecule has 7 aromatic rings. The van der Waals surface area contributed by atoms with Crippen LogP contribution in [0, 0.1) is 6.92 Å². The van der Waals surface area contributed by atoms with Crippen molar-refractivity contribution >= 4 is 80.5 Å². The minimum atomic E-state index is -4.61. The smallest absolute Gasteiger partial charge is 0.269 e. The Bertz CT molecular complexity index is 2400. The van der Waals surface area contributed by atoms with Crippen LogP contribution >= 0.6 is 34.0 Å². The molecule has 7 rings (SSSR count). The zero-order chi connectivity index (χ0) is 31.1. The first kappa shape index (κ1) is 34.2. The molecule has 0 saturated carbocycles. The molecule has 0 aliphatic rings. The molecular weight excluding hydrogens is 700 g/mol. The van der Waals surface area contributed by atoms with Crippen molar-refractivity contribution < 1.29 is 51.5 Å². The lowest BCUT2D eigenvalue weighted by Crippen LogP contribution is -3.00. The van der Waals surface area contributed by atoms with E-state index in [4.69, 9.17) is 0 Å². The molecule has 0 aliphatic heterocycles. The molecule has 0 amide bonds. The Hall–Kier alpha value is -3.16. The summed E-state index contributed by atoms with van der Waals surface area (Å²) in [6.07, 6.45) is 0. The van der Waals surface area contributed by atoms with E-state index >= 15 is 0 Å². The molecule has 0 saturated heterocycles. The molecule has 3 heterocycles. The van der Waals surface area contributed by atoms with Crippen LogP contribution in [0.4, 0.5) is 5.69 Å². The number of hydrogen-bond donors (Lipinski definition) is 0. The monoisotopic (exact) mass is 728 g/mol. The Morgan fingerprint density at radius 3 is 1.57 bits per heavy atom. The van der Waals surface area contributed by atoms with Gasteiger partial charge >= 0.3 is 0 Å². The molecule has 0 spiro atoms. The van der Waals surface area contributed by atoms with Gasteiger partial charge in [-0.1, -0.05) is 40.1 Å². The molecule has 0 unspecified atom stereocenters. The molecule has 0 bridgehead atoms. The number of rotatable bonds is 5. The van der Waals surface area contributed by atoms with E-state index in [1.165, 1.54) is 37.8 Å². The quantitative estimate of drug-likeness (QED) is 0.186. The molecule has 0 radical (unpaired) electrons. The third-order valence-electron chi connectivity index (χ3n) is 8.19. The highest BCUT2D eigenvalue weighted by molar-refractivity contribution is 7.86. The fourth-order valence-corrected chi connectivity index (χ4v) is 10.7. The molecule has 4 aromatic carbocycles.